The highest BCUT2D eigenvalue weighted by atomic mass is 16.5. The number of benzene rings is 1. The Hall–Kier alpha value is -1.59. The fourth-order valence-corrected chi connectivity index (χ4v) is 2.90. The Morgan fingerprint density at radius 2 is 1.88 bits per heavy atom. The summed E-state index contributed by atoms with van der Waals surface area (Å²) in [7, 11) is 0. The molecule has 134 valence electrons. The Labute approximate surface area is 145 Å². The van der Waals surface area contributed by atoms with Crippen molar-refractivity contribution in [3.63, 3.8) is 0 Å². The molecule has 2 rings (SSSR count). The van der Waals surface area contributed by atoms with Crippen LogP contribution in [-0.4, -0.2) is 65.7 Å². The molecule has 0 spiro atoms. The number of piperazine rings is 1. The van der Waals surface area contributed by atoms with E-state index in [1.54, 1.807) is 0 Å². The van der Waals surface area contributed by atoms with Gasteiger partial charge in [-0.15, -0.1) is 0 Å². The zero-order chi connectivity index (χ0) is 17.5. The SMILES string of the molecule is CC[C@@H](O)CN1CCN(C(=O)Cc2ccccc2OC(C)C)CC1. The number of ether oxygens (including phenoxy) is 1. The van der Waals surface area contributed by atoms with Gasteiger partial charge in [-0.25, -0.2) is 0 Å². The van der Waals surface area contributed by atoms with E-state index in [0.29, 0.717) is 13.0 Å². The molecule has 1 aliphatic rings. The lowest BCUT2D eigenvalue weighted by Crippen LogP contribution is -2.50. The topological polar surface area (TPSA) is 53.0 Å². The van der Waals surface area contributed by atoms with Crippen LogP contribution in [0.15, 0.2) is 24.3 Å². The van der Waals surface area contributed by atoms with E-state index in [-0.39, 0.29) is 18.1 Å². The summed E-state index contributed by atoms with van der Waals surface area (Å²) in [6.45, 7) is 9.76. The summed E-state index contributed by atoms with van der Waals surface area (Å²) < 4.78 is 5.80. The molecule has 0 aliphatic carbocycles. The molecule has 0 unspecified atom stereocenters. The third kappa shape index (κ3) is 5.49. The summed E-state index contributed by atoms with van der Waals surface area (Å²) in [6.07, 6.45) is 0.966. The first-order chi connectivity index (χ1) is 11.5. The third-order valence-electron chi connectivity index (χ3n) is 4.34. The predicted molar refractivity (Wildman–Crippen MR) is 95.2 cm³/mol. The van der Waals surface area contributed by atoms with E-state index in [4.69, 9.17) is 4.74 Å². The predicted octanol–water partition coefficient (Wildman–Crippen LogP) is 1.93. The highest BCUT2D eigenvalue weighted by molar-refractivity contribution is 5.79. The Balaban J connectivity index is 1.88. The lowest BCUT2D eigenvalue weighted by molar-refractivity contribution is -0.132. The van der Waals surface area contributed by atoms with Crippen LogP contribution < -0.4 is 4.74 Å². The zero-order valence-electron chi connectivity index (χ0n) is 15.1. The average molecular weight is 334 g/mol. The lowest BCUT2D eigenvalue weighted by atomic mass is 10.1. The van der Waals surface area contributed by atoms with E-state index in [2.05, 4.69) is 4.90 Å². The molecule has 1 saturated heterocycles. The smallest absolute Gasteiger partial charge is 0.227 e. The van der Waals surface area contributed by atoms with Gasteiger partial charge in [0, 0.05) is 38.3 Å². The number of carbonyl (C=O) groups is 1. The van der Waals surface area contributed by atoms with Crippen molar-refractivity contribution >= 4 is 5.91 Å². The van der Waals surface area contributed by atoms with E-state index >= 15 is 0 Å². The fraction of sp³-hybridized carbons (Fsp3) is 0.632. The van der Waals surface area contributed by atoms with Gasteiger partial charge in [0.15, 0.2) is 0 Å². The summed E-state index contributed by atoms with van der Waals surface area (Å²) in [5.41, 5.74) is 0.944. The molecule has 1 heterocycles. The van der Waals surface area contributed by atoms with Gasteiger partial charge in [0.05, 0.1) is 18.6 Å². The number of β-amino-alcohol motifs (C(OH)–C–C–N with tert-alkyl or cyclic N) is 1. The number of amides is 1. The first-order valence-electron chi connectivity index (χ1n) is 8.92. The van der Waals surface area contributed by atoms with Gasteiger partial charge in [0.25, 0.3) is 0 Å². The van der Waals surface area contributed by atoms with Crippen LogP contribution in [0.5, 0.6) is 5.75 Å². The summed E-state index contributed by atoms with van der Waals surface area (Å²) in [5.74, 6) is 0.941. The van der Waals surface area contributed by atoms with Crippen LogP contribution in [0.3, 0.4) is 0 Å². The van der Waals surface area contributed by atoms with Gasteiger partial charge in [-0.1, -0.05) is 25.1 Å². The van der Waals surface area contributed by atoms with Crippen LogP contribution in [0, 0.1) is 0 Å². The number of hydrogen-bond acceptors (Lipinski definition) is 4. The van der Waals surface area contributed by atoms with Crippen molar-refractivity contribution in [1.82, 2.24) is 9.80 Å². The van der Waals surface area contributed by atoms with E-state index in [1.807, 2.05) is 49.9 Å². The molecule has 1 aliphatic heterocycles. The standard InChI is InChI=1S/C19H30N2O3/c1-4-17(22)14-20-9-11-21(12-10-20)19(23)13-16-7-5-6-8-18(16)24-15(2)3/h5-8,15,17,22H,4,9-14H2,1-3H3/t17-/m1/s1. The largest absolute Gasteiger partial charge is 0.491 e. The van der Waals surface area contributed by atoms with Gasteiger partial charge in [-0.05, 0) is 26.3 Å². The second kappa shape index (κ2) is 9.04. The fourth-order valence-electron chi connectivity index (χ4n) is 2.90. The highest BCUT2D eigenvalue weighted by Gasteiger charge is 2.23. The molecule has 0 saturated carbocycles. The molecule has 1 fully saturated rings. The molecule has 1 atom stereocenters. The second-order valence-corrected chi connectivity index (χ2v) is 6.69. The minimum absolute atomic E-state index is 0.0924. The number of carbonyl (C=O) groups excluding carboxylic acids is 1. The van der Waals surface area contributed by atoms with Gasteiger partial charge in [-0.3, -0.25) is 9.69 Å². The van der Waals surface area contributed by atoms with Gasteiger partial charge < -0.3 is 14.7 Å². The van der Waals surface area contributed by atoms with Crippen LogP contribution in [0.1, 0.15) is 32.8 Å². The maximum absolute atomic E-state index is 12.6. The molecule has 5 heteroatoms. The highest BCUT2D eigenvalue weighted by Crippen LogP contribution is 2.21. The number of hydrogen-bond donors (Lipinski definition) is 1. The van der Waals surface area contributed by atoms with Crippen LogP contribution in [0.2, 0.25) is 0 Å². The molecule has 1 aromatic carbocycles. The van der Waals surface area contributed by atoms with Gasteiger partial charge in [-0.2, -0.15) is 0 Å². The van der Waals surface area contributed by atoms with Gasteiger partial charge in [0.2, 0.25) is 5.91 Å². The average Bonchev–Trinajstić information content (AvgIpc) is 2.56. The Kier molecular flexibility index (Phi) is 7.06. The Morgan fingerprint density at radius 1 is 1.21 bits per heavy atom. The zero-order valence-corrected chi connectivity index (χ0v) is 15.1. The van der Waals surface area contributed by atoms with Crippen molar-refractivity contribution in [3.8, 4) is 5.75 Å². The molecule has 0 aromatic heterocycles. The van der Waals surface area contributed by atoms with Crippen molar-refractivity contribution in [2.24, 2.45) is 0 Å². The first kappa shape index (κ1) is 18.7. The maximum atomic E-state index is 12.6. The minimum atomic E-state index is -0.271. The monoisotopic (exact) mass is 334 g/mol. The number of para-hydroxylation sites is 1. The maximum Gasteiger partial charge on any atom is 0.227 e. The van der Waals surface area contributed by atoms with E-state index in [0.717, 1.165) is 43.9 Å². The molecular formula is C19H30N2O3. The summed E-state index contributed by atoms with van der Waals surface area (Å²) >= 11 is 0. The number of aliphatic hydroxyl groups excluding tert-OH is 1. The van der Waals surface area contributed by atoms with E-state index < -0.39 is 0 Å². The van der Waals surface area contributed by atoms with Crippen LogP contribution >= 0.6 is 0 Å². The molecule has 0 bridgehead atoms. The van der Waals surface area contributed by atoms with Crippen molar-refractivity contribution in [3.05, 3.63) is 29.8 Å². The lowest BCUT2D eigenvalue weighted by Gasteiger charge is -2.35. The van der Waals surface area contributed by atoms with Gasteiger partial charge in [0.1, 0.15) is 5.75 Å². The normalized spacial score (nSPS) is 17.1. The van der Waals surface area contributed by atoms with Crippen molar-refractivity contribution in [2.45, 2.75) is 45.8 Å². The van der Waals surface area contributed by atoms with Crippen LogP contribution in [0.25, 0.3) is 0 Å². The summed E-state index contributed by atoms with van der Waals surface area (Å²) in [5, 5.41) is 9.75. The number of aliphatic hydroxyl groups is 1. The summed E-state index contributed by atoms with van der Waals surface area (Å²) in [6, 6.07) is 7.76. The van der Waals surface area contributed by atoms with E-state index in [9.17, 15) is 9.90 Å². The number of nitrogens with zero attached hydrogens (tertiary/aromatic N) is 2. The quantitative estimate of drug-likeness (QED) is 0.828. The molecule has 1 N–H and O–H groups in total. The third-order valence-corrected chi connectivity index (χ3v) is 4.34. The van der Waals surface area contributed by atoms with Crippen molar-refractivity contribution in [2.75, 3.05) is 32.7 Å². The van der Waals surface area contributed by atoms with E-state index in [1.165, 1.54) is 0 Å². The van der Waals surface area contributed by atoms with Crippen molar-refractivity contribution < 1.29 is 14.6 Å². The Morgan fingerprint density at radius 3 is 2.50 bits per heavy atom. The molecule has 1 aromatic rings. The van der Waals surface area contributed by atoms with Crippen LogP contribution in [-0.2, 0) is 11.2 Å². The number of rotatable bonds is 7. The molecule has 0 radical (unpaired) electrons. The van der Waals surface area contributed by atoms with Crippen molar-refractivity contribution in [1.29, 1.82) is 0 Å². The first-order valence-corrected chi connectivity index (χ1v) is 8.92. The second-order valence-electron chi connectivity index (χ2n) is 6.69. The summed E-state index contributed by atoms with van der Waals surface area (Å²) in [4.78, 5) is 16.7. The Bertz CT molecular complexity index is 525. The molecular weight excluding hydrogens is 304 g/mol. The molecule has 24 heavy (non-hydrogen) atoms. The van der Waals surface area contributed by atoms with Crippen LogP contribution in [0.4, 0.5) is 0 Å². The molecule has 5 nitrogen and oxygen atoms in total. The molecule has 1 amide bonds. The minimum Gasteiger partial charge on any atom is -0.491 e. The van der Waals surface area contributed by atoms with Gasteiger partial charge >= 0.3 is 0 Å².